The molecule has 1 aliphatic heterocycles. The summed E-state index contributed by atoms with van der Waals surface area (Å²) in [5, 5.41) is 4.96. The molecule has 1 amide bonds. The maximum Gasteiger partial charge on any atom is 0.275 e. The third-order valence-electron chi connectivity index (χ3n) is 5.07. The average molecular weight is 490 g/mol. The van der Waals surface area contributed by atoms with Crippen molar-refractivity contribution in [2.45, 2.75) is 4.90 Å². The molecule has 1 aliphatic rings. The lowest BCUT2D eigenvalue weighted by molar-refractivity contribution is 0.0730. The number of hydrogen-bond donors (Lipinski definition) is 1. The minimum atomic E-state index is -3.67. The van der Waals surface area contributed by atoms with E-state index in [4.69, 9.17) is 14.2 Å². The fourth-order valence-corrected chi connectivity index (χ4v) is 5.70. The number of nitrogens with one attached hydrogen (secondary N) is 1. The molecule has 0 atom stereocenters. The Morgan fingerprint density at radius 1 is 1.12 bits per heavy atom. The van der Waals surface area contributed by atoms with Crippen LogP contribution >= 0.6 is 11.3 Å². The lowest BCUT2D eigenvalue weighted by atomic mass is 10.2. The highest BCUT2D eigenvalue weighted by molar-refractivity contribution is 7.89. The molecule has 1 aromatic heterocycles. The number of amides is 1. The predicted octanol–water partition coefficient (Wildman–Crippen LogP) is 3.10. The van der Waals surface area contributed by atoms with E-state index in [0.717, 1.165) is 0 Å². The number of anilines is 1. The van der Waals surface area contributed by atoms with Crippen molar-refractivity contribution >= 4 is 33.0 Å². The minimum Gasteiger partial charge on any atom is -0.493 e. The molecule has 0 saturated carbocycles. The summed E-state index contributed by atoms with van der Waals surface area (Å²) in [7, 11) is -0.575. The molecule has 1 N–H and O–H groups in total. The van der Waals surface area contributed by atoms with Gasteiger partial charge < -0.3 is 19.5 Å². The highest BCUT2D eigenvalue weighted by Crippen LogP contribution is 2.39. The van der Waals surface area contributed by atoms with Gasteiger partial charge in [-0.1, -0.05) is 12.1 Å². The number of hydrogen-bond acceptors (Lipinski definition) is 8. The van der Waals surface area contributed by atoms with Gasteiger partial charge in [-0.15, -0.1) is 11.3 Å². The lowest BCUT2D eigenvalue weighted by Crippen LogP contribution is -2.40. The quantitative estimate of drug-likeness (QED) is 0.543. The van der Waals surface area contributed by atoms with Gasteiger partial charge in [-0.25, -0.2) is 13.4 Å². The van der Waals surface area contributed by atoms with Gasteiger partial charge in [0.25, 0.3) is 5.91 Å². The second-order valence-corrected chi connectivity index (χ2v) is 9.87. The highest BCUT2D eigenvalue weighted by Gasteiger charge is 2.26. The summed E-state index contributed by atoms with van der Waals surface area (Å²) >= 11 is 1.29. The summed E-state index contributed by atoms with van der Waals surface area (Å²) in [6.45, 7) is 1.32. The summed E-state index contributed by atoms with van der Waals surface area (Å²) in [5.41, 5.74) is 1.28. The van der Waals surface area contributed by atoms with Crippen molar-refractivity contribution in [3.63, 3.8) is 0 Å². The van der Waals surface area contributed by atoms with Crippen LogP contribution < -0.4 is 14.8 Å². The van der Waals surface area contributed by atoms with Crippen molar-refractivity contribution in [1.29, 1.82) is 0 Å². The molecular weight excluding hydrogens is 466 g/mol. The molecule has 3 aromatic rings. The van der Waals surface area contributed by atoms with Crippen molar-refractivity contribution in [2.75, 3.05) is 45.8 Å². The van der Waals surface area contributed by atoms with E-state index < -0.39 is 15.9 Å². The van der Waals surface area contributed by atoms with Crippen LogP contribution in [0.2, 0.25) is 0 Å². The zero-order chi connectivity index (χ0) is 23.4. The van der Waals surface area contributed by atoms with Gasteiger partial charge in [0.15, 0.2) is 11.5 Å². The van der Waals surface area contributed by atoms with Crippen molar-refractivity contribution in [2.24, 2.45) is 0 Å². The van der Waals surface area contributed by atoms with E-state index in [1.54, 1.807) is 37.8 Å². The van der Waals surface area contributed by atoms with E-state index >= 15 is 0 Å². The van der Waals surface area contributed by atoms with Crippen LogP contribution in [0.4, 0.5) is 5.69 Å². The number of ether oxygens (including phenoxy) is 3. The minimum absolute atomic E-state index is 0.113. The number of morpholine rings is 1. The normalized spacial score (nSPS) is 14.6. The van der Waals surface area contributed by atoms with Crippen molar-refractivity contribution < 1.29 is 27.4 Å². The molecule has 0 spiro atoms. The van der Waals surface area contributed by atoms with Gasteiger partial charge in [0.1, 0.15) is 10.7 Å². The molecule has 11 heteroatoms. The smallest absolute Gasteiger partial charge is 0.275 e. The van der Waals surface area contributed by atoms with Crippen LogP contribution in [-0.2, 0) is 14.8 Å². The molecule has 1 saturated heterocycles. The van der Waals surface area contributed by atoms with Crippen LogP contribution in [0.15, 0.2) is 52.7 Å². The Bertz CT molecular complexity index is 1250. The first-order valence-corrected chi connectivity index (χ1v) is 12.4. The SMILES string of the molecule is COc1cccc(-c2nc(C(=O)Nc3cccc(S(=O)(=O)N4CCOCC4)c3)cs2)c1OC. The molecule has 33 heavy (non-hydrogen) atoms. The van der Waals surface area contributed by atoms with Gasteiger partial charge >= 0.3 is 0 Å². The maximum atomic E-state index is 12.9. The summed E-state index contributed by atoms with van der Waals surface area (Å²) < 4.78 is 43.2. The zero-order valence-corrected chi connectivity index (χ0v) is 19.7. The van der Waals surface area contributed by atoms with E-state index in [2.05, 4.69) is 10.3 Å². The van der Waals surface area contributed by atoms with Gasteiger partial charge in [0.05, 0.1) is 37.9 Å². The van der Waals surface area contributed by atoms with E-state index in [1.165, 1.54) is 27.8 Å². The topological polar surface area (TPSA) is 107 Å². The summed E-state index contributed by atoms with van der Waals surface area (Å²) in [4.78, 5) is 17.3. The second-order valence-electron chi connectivity index (χ2n) is 7.08. The van der Waals surface area contributed by atoms with Crippen LogP contribution in [-0.4, -0.2) is 64.1 Å². The number of aromatic nitrogens is 1. The van der Waals surface area contributed by atoms with Gasteiger partial charge in [0, 0.05) is 24.2 Å². The molecular formula is C22H23N3O6S2. The summed E-state index contributed by atoms with van der Waals surface area (Å²) in [6, 6.07) is 11.6. The first-order chi connectivity index (χ1) is 15.9. The number of para-hydroxylation sites is 1. The van der Waals surface area contributed by atoms with Crippen LogP contribution in [0.5, 0.6) is 11.5 Å². The Kier molecular flexibility index (Phi) is 6.94. The number of sulfonamides is 1. The Morgan fingerprint density at radius 2 is 1.88 bits per heavy atom. The largest absolute Gasteiger partial charge is 0.493 e. The van der Waals surface area contributed by atoms with Crippen LogP contribution in [0.25, 0.3) is 10.6 Å². The number of thiazole rings is 1. The van der Waals surface area contributed by atoms with Crippen molar-refractivity contribution in [3.8, 4) is 22.1 Å². The molecule has 174 valence electrons. The zero-order valence-electron chi connectivity index (χ0n) is 18.1. The molecule has 0 aliphatic carbocycles. The van der Waals surface area contributed by atoms with Gasteiger partial charge in [-0.3, -0.25) is 4.79 Å². The van der Waals surface area contributed by atoms with Crippen molar-refractivity contribution in [1.82, 2.24) is 9.29 Å². The van der Waals surface area contributed by atoms with E-state index in [-0.39, 0.29) is 10.6 Å². The van der Waals surface area contributed by atoms with Gasteiger partial charge in [0.2, 0.25) is 10.0 Å². The molecule has 0 bridgehead atoms. The van der Waals surface area contributed by atoms with Crippen molar-refractivity contribution in [3.05, 3.63) is 53.5 Å². The number of methoxy groups -OCH3 is 2. The van der Waals surface area contributed by atoms with E-state index in [0.29, 0.717) is 54.1 Å². The third kappa shape index (κ3) is 4.86. The Morgan fingerprint density at radius 3 is 2.61 bits per heavy atom. The van der Waals surface area contributed by atoms with Crippen LogP contribution in [0, 0.1) is 0 Å². The molecule has 1 fully saturated rings. The van der Waals surface area contributed by atoms with E-state index in [9.17, 15) is 13.2 Å². The average Bonchev–Trinajstić information content (AvgIpc) is 3.34. The summed E-state index contributed by atoms with van der Waals surface area (Å²) in [6.07, 6.45) is 0. The second kappa shape index (κ2) is 9.87. The number of benzene rings is 2. The predicted molar refractivity (Wildman–Crippen MR) is 125 cm³/mol. The summed E-state index contributed by atoms with van der Waals surface area (Å²) in [5.74, 6) is 0.650. The molecule has 0 radical (unpaired) electrons. The molecule has 2 aromatic carbocycles. The van der Waals surface area contributed by atoms with E-state index in [1.807, 2.05) is 12.1 Å². The molecule has 0 unspecified atom stereocenters. The fraction of sp³-hybridized carbons (Fsp3) is 0.273. The molecule has 4 rings (SSSR count). The van der Waals surface area contributed by atoms with Crippen LogP contribution in [0.3, 0.4) is 0 Å². The van der Waals surface area contributed by atoms with Crippen LogP contribution in [0.1, 0.15) is 10.5 Å². The Labute approximate surface area is 196 Å². The maximum absolute atomic E-state index is 12.9. The third-order valence-corrected chi connectivity index (χ3v) is 7.84. The first-order valence-electron chi connectivity index (χ1n) is 10.1. The molecule has 2 heterocycles. The van der Waals surface area contributed by atoms with Gasteiger partial charge in [-0.2, -0.15) is 4.31 Å². The lowest BCUT2D eigenvalue weighted by Gasteiger charge is -2.26. The standard InChI is InChI=1S/C22H23N3O6S2/c1-29-19-8-4-7-17(20(19)30-2)22-24-18(14-32-22)21(26)23-15-5-3-6-16(13-15)33(27,28)25-9-11-31-12-10-25/h3-8,13-14H,9-12H2,1-2H3,(H,23,26). The number of rotatable bonds is 7. The Hall–Kier alpha value is -2.99. The number of carbonyl (C=O) groups excluding carboxylic acids is 1. The fourth-order valence-electron chi connectivity index (χ4n) is 3.42. The Balaban J connectivity index is 1.54. The number of nitrogens with zero attached hydrogens (tertiary/aromatic N) is 2. The first kappa shape index (κ1) is 23.2. The van der Waals surface area contributed by atoms with Gasteiger partial charge in [-0.05, 0) is 30.3 Å². The number of carbonyl (C=O) groups is 1. The monoisotopic (exact) mass is 489 g/mol. The molecule has 9 nitrogen and oxygen atoms in total. The highest BCUT2D eigenvalue weighted by atomic mass is 32.2.